The van der Waals surface area contributed by atoms with Crippen molar-refractivity contribution in [2.75, 3.05) is 17.6 Å². The molecule has 0 aromatic heterocycles. The molecular formula is C14H14ClNO2S2. The van der Waals surface area contributed by atoms with E-state index >= 15 is 0 Å². The maximum absolute atomic E-state index is 12.5. The summed E-state index contributed by atoms with van der Waals surface area (Å²) in [6.07, 6.45) is 1.95. The van der Waals surface area contributed by atoms with E-state index in [4.69, 9.17) is 11.6 Å². The van der Waals surface area contributed by atoms with Crippen LogP contribution in [-0.2, 0) is 10.0 Å². The van der Waals surface area contributed by atoms with Gasteiger partial charge in [0.25, 0.3) is 10.0 Å². The molecule has 0 aliphatic carbocycles. The Bertz CT molecular complexity index is 682. The summed E-state index contributed by atoms with van der Waals surface area (Å²) in [6, 6.07) is 13.5. The Balaban J connectivity index is 2.35. The molecule has 106 valence electrons. The Morgan fingerprint density at radius 3 is 2.05 bits per heavy atom. The first-order valence-corrected chi connectivity index (χ1v) is 8.88. The second-order valence-electron chi connectivity index (χ2n) is 4.12. The molecule has 0 saturated heterocycles. The zero-order valence-electron chi connectivity index (χ0n) is 11.1. The van der Waals surface area contributed by atoms with Crippen LogP contribution in [0.4, 0.5) is 5.69 Å². The van der Waals surface area contributed by atoms with Crippen LogP contribution in [0.1, 0.15) is 0 Å². The quantitative estimate of drug-likeness (QED) is 0.799. The van der Waals surface area contributed by atoms with Gasteiger partial charge in [0.1, 0.15) is 0 Å². The number of anilines is 1. The van der Waals surface area contributed by atoms with E-state index in [-0.39, 0.29) is 4.90 Å². The molecule has 0 aliphatic heterocycles. The minimum atomic E-state index is -3.55. The number of benzene rings is 2. The maximum Gasteiger partial charge on any atom is 0.264 e. The highest BCUT2D eigenvalue weighted by molar-refractivity contribution is 7.98. The zero-order chi connectivity index (χ0) is 14.8. The molecule has 0 saturated carbocycles. The molecule has 0 heterocycles. The van der Waals surface area contributed by atoms with Gasteiger partial charge >= 0.3 is 0 Å². The summed E-state index contributed by atoms with van der Waals surface area (Å²) in [5, 5.41) is 0.573. The summed E-state index contributed by atoms with van der Waals surface area (Å²) in [5.74, 6) is 0. The van der Waals surface area contributed by atoms with Gasteiger partial charge in [-0.1, -0.05) is 11.6 Å². The van der Waals surface area contributed by atoms with Crippen molar-refractivity contribution in [3.8, 4) is 0 Å². The first kappa shape index (κ1) is 15.2. The van der Waals surface area contributed by atoms with E-state index in [1.165, 1.54) is 11.4 Å². The Labute approximate surface area is 128 Å². The molecule has 0 N–H and O–H groups in total. The Hall–Kier alpha value is -1.17. The second kappa shape index (κ2) is 6.08. The molecule has 20 heavy (non-hydrogen) atoms. The number of sulfonamides is 1. The van der Waals surface area contributed by atoms with Crippen molar-refractivity contribution in [2.24, 2.45) is 0 Å². The summed E-state index contributed by atoms with van der Waals surface area (Å²) in [7, 11) is -2.02. The fourth-order valence-corrected chi connectivity index (χ4v) is 3.43. The fourth-order valence-electron chi connectivity index (χ4n) is 1.70. The lowest BCUT2D eigenvalue weighted by atomic mass is 10.3. The van der Waals surface area contributed by atoms with Gasteiger partial charge in [-0.05, 0) is 54.8 Å². The van der Waals surface area contributed by atoms with Gasteiger partial charge in [0.15, 0.2) is 0 Å². The molecule has 0 radical (unpaired) electrons. The van der Waals surface area contributed by atoms with E-state index in [2.05, 4.69) is 0 Å². The van der Waals surface area contributed by atoms with Gasteiger partial charge in [0.2, 0.25) is 0 Å². The van der Waals surface area contributed by atoms with Crippen molar-refractivity contribution < 1.29 is 8.42 Å². The average Bonchev–Trinajstić information content (AvgIpc) is 2.47. The average molecular weight is 328 g/mol. The lowest BCUT2D eigenvalue weighted by molar-refractivity contribution is 0.594. The van der Waals surface area contributed by atoms with Gasteiger partial charge in [0, 0.05) is 17.0 Å². The molecular weight excluding hydrogens is 314 g/mol. The standard InChI is InChI=1S/C14H14ClNO2S2/c1-16(12-5-3-11(15)4-6-12)20(17,18)14-9-7-13(19-2)8-10-14/h3-10H,1-2H3. The van der Waals surface area contributed by atoms with Crippen LogP contribution in [0.5, 0.6) is 0 Å². The molecule has 0 spiro atoms. The third kappa shape index (κ3) is 3.11. The van der Waals surface area contributed by atoms with Crippen LogP contribution >= 0.6 is 23.4 Å². The highest BCUT2D eigenvalue weighted by atomic mass is 35.5. The van der Waals surface area contributed by atoms with Crippen LogP contribution in [0.3, 0.4) is 0 Å². The smallest absolute Gasteiger partial charge is 0.264 e. The highest BCUT2D eigenvalue weighted by Gasteiger charge is 2.20. The largest absolute Gasteiger partial charge is 0.269 e. The van der Waals surface area contributed by atoms with Crippen molar-refractivity contribution in [1.29, 1.82) is 0 Å². The first-order chi connectivity index (χ1) is 9.45. The van der Waals surface area contributed by atoms with E-state index in [0.29, 0.717) is 10.7 Å². The fraction of sp³-hybridized carbons (Fsp3) is 0.143. The van der Waals surface area contributed by atoms with E-state index in [1.807, 2.05) is 6.26 Å². The number of rotatable bonds is 4. The number of thioether (sulfide) groups is 1. The Morgan fingerprint density at radius 2 is 1.55 bits per heavy atom. The van der Waals surface area contributed by atoms with Crippen LogP contribution in [-0.4, -0.2) is 21.7 Å². The molecule has 0 bridgehead atoms. The molecule has 0 unspecified atom stereocenters. The van der Waals surface area contributed by atoms with E-state index in [9.17, 15) is 8.42 Å². The van der Waals surface area contributed by atoms with Gasteiger partial charge in [-0.3, -0.25) is 4.31 Å². The Kier molecular flexibility index (Phi) is 4.62. The number of nitrogens with zero attached hydrogens (tertiary/aromatic N) is 1. The monoisotopic (exact) mass is 327 g/mol. The zero-order valence-corrected chi connectivity index (χ0v) is 13.5. The lowest BCUT2D eigenvalue weighted by Gasteiger charge is -2.19. The molecule has 3 nitrogen and oxygen atoms in total. The molecule has 2 rings (SSSR count). The van der Waals surface area contributed by atoms with E-state index in [1.54, 1.807) is 60.3 Å². The normalized spacial score (nSPS) is 11.3. The summed E-state index contributed by atoms with van der Waals surface area (Å²) in [4.78, 5) is 1.30. The predicted octanol–water partition coefficient (Wildman–Crippen LogP) is 3.89. The lowest BCUT2D eigenvalue weighted by Crippen LogP contribution is -2.26. The van der Waals surface area contributed by atoms with Crippen molar-refractivity contribution in [3.63, 3.8) is 0 Å². The van der Waals surface area contributed by atoms with Crippen molar-refractivity contribution in [1.82, 2.24) is 0 Å². The minimum Gasteiger partial charge on any atom is -0.269 e. The third-order valence-corrected chi connectivity index (χ3v) is 5.70. The van der Waals surface area contributed by atoms with Gasteiger partial charge in [0.05, 0.1) is 10.6 Å². The molecule has 0 atom stereocenters. The molecule has 0 aliphatic rings. The second-order valence-corrected chi connectivity index (χ2v) is 7.41. The summed E-state index contributed by atoms with van der Waals surface area (Å²) in [5.41, 5.74) is 0.573. The minimum absolute atomic E-state index is 0.271. The van der Waals surface area contributed by atoms with Crippen LogP contribution in [0.15, 0.2) is 58.3 Å². The van der Waals surface area contributed by atoms with E-state index < -0.39 is 10.0 Å². The summed E-state index contributed by atoms with van der Waals surface area (Å²) in [6.45, 7) is 0. The first-order valence-electron chi connectivity index (χ1n) is 5.83. The van der Waals surface area contributed by atoms with Crippen molar-refractivity contribution >= 4 is 39.1 Å². The predicted molar refractivity (Wildman–Crippen MR) is 85.3 cm³/mol. The number of hydrogen-bond donors (Lipinski definition) is 0. The van der Waals surface area contributed by atoms with Crippen LogP contribution in [0, 0.1) is 0 Å². The van der Waals surface area contributed by atoms with Gasteiger partial charge in [-0.2, -0.15) is 0 Å². The van der Waals surface area contributed by atoms with Gasteiger partial charge in [-0.25, -0.2) is 8.42 Å². The number of halogens is 1. The molecule has 6 heteroatoms. The summed E-state index contributed by atoms with van der Waals surface area (Å²) < 4.78 is 26.3. The van der Waals surface area contributed by atoms with Gasteiger partial charge < -0.3 is 0 Å². The van der Waals surface area contributed by atoms with Crippen LogP contribution in [0.25, 0.3) is 0 Å². The molecule has 2 aromatic rings. The summed E-state index contributed by atoms with van der Waals surface area (Å²) >= 11 is 7.38. The van der Waals surface area contributed by atoms with Crippen molar-refractivity contribution in [3.05, 3.63) is 53.6 Å². The Morgan fingerprint density at radius 1 is 1.00 bits per heavy atom. The van der Waals surface area contributed by atoms with Gasteiger partial charge in [-0.15, -0.1) is 11.8 Å². The number of hydrogen-bond acceptors (Lipinski definition) is 3. The molecule has 0 amide bonds. The van der Waals surface area contributed by atoms with Crippen LogP contribution < -0.4 is 4.31 Å². The van der Waals surface area contributed by atoms with E-state index in [0.717, 1.165) is 4.90 Å². The topological polar surface area (TPSA) is 37.4 Å². The molecule has 2 aromatic carbocycles. The highest BCUT2D eigenvalue weighted by Crippen LogP contribution is 2.25. The SMILES string of the molecule is CSc1ccc(S(=O)(=O)N(C)c2ccc(Cl)cc2)cc1. The van der Waals surface area contributed by atoms with Crippen LogP contribution in [0.2, 0.25) is 5.02 Å². The van der Waals surface area contributed by atoms with Crippen molar-refractivity contribution in [2.45, 2.75) is 9.79 Å². The maximum atomic E-state index is 12.5. The third-order valence-electron chi connectivity index (χ3n) is 2.91. The molecule has 0 fully saturated rings.